The third-order valence-corrected chi connectivity index (χ3v) is 2.59. The summed E-state index contributed by atoms with van der Waals surface area (Å²) >= 11 is 0. The van der Waals surface area contributed by atoms with Crippen LogP contribution >= 0.6 is 7.82 Å². The van der Waals surface area contributed by atoms with E-state index in [0.717, 1.165) is 17.1 Å². The molecule has 0 radical (unpaired) electrons. The second-order valence-corrected chi connectivity index (χ2v) is 6.43. The molecular formula is C12H27NO7P+. The molecule has 0 spiro atoms. The van der Waals surface area contributed by atoms with Crippen LogP contribution in [-0.4, -0.2) is 72.4 Å². The van der Waals surface area contributed by atoms with Gasteiger partial charge in [-0.15, -0.1) is 0 Å². The molecule has 8 nitrogen and oxygen atoms in total. The molecule has 0 aliphatic rings. The van der Waals surface area contributed by atoms with E-state index in [0.29, 0.717) is 6.42 Å². The molecule has 0 aromatic carbocycles. The third kappa shape index (κ3) is 19.2. The fourth-order valence-electron chi connectivity index (χ4n) is 0.928. The minimum Gasteiger partial charge on any atom is -0.457 e. The zero-order valence-corrected chi connectivity index (χ0v) is 14.0. The van der Waals surface area contributed by atoms with Gasteiger partial charge >= 0.3 is 13.8 Å². The Morgan fingerprint density at radius 3 is 2.14 bits per heavy atom. The molecule has 0 aliphatic heterocycles. The highest BCUT2D eigenvalue weighted by Gasteiger charge is 2.19. The first-order valence-corrected chi connectivity index (χ1v) is 7.92. The van der Waals surface area contributed by atoms with Crippen molar-refractivity contribution in [1.82, 2.24) is 0 Å². The first-order valence-electron chi connectivity index (χ1n) is 6.39. The minimum atomic E-state index is -4.50. The maximum absolute atomic E-state index is 10.7. The second kappa shape index (κ2) is 10.9. The Balaban J connectivity index is 0. The number of phosphoric acid groups is 1. The lowest BCUT2D eigenvalue weighted by molar-refractivity contribution is -0.870. The molecule has 0 heterocycles. The van der Waals surface area contributed by atoms with Gasteiger partial charge in [-0.1, -0.05) is 13.5 Å². The van der Waals surface area contributed by atoms with Gasteiger partial charge in [0.2, 0.25) is 0 Å². The minimum absolute atomic E-state index is 0.281. The zero-order chi connectivity index (χ0) is 17.1. The second-order valence-electron chi connectivity index (χ2n) is 5.20. The van der Waals surface area contributed by atoms with E-state index in [4.69, 9.17) is 19.6 Å². The molecule has 0 aliphatic carbocycles. The van der Waals surface area contributed by atoms with E-state index in [1.165, 1.54) is 0 Å². The fourth-order valence-corrected chi connectivity index (χ4v) is 1.29. The smallest absolute Gasteiger partial charge is 0.457 e. The fraction of sp³-hybridized carbons (Fsp3) is 0.750. The van der Waals surface area contributed by atoms with Gasteiger partial charge in [0, 0.05) is 6.08 Å². The summed E-state index contributed by atoms with van der Waals surface area (Å²) < 4.78 is 20.1. The molecule has 3 N–H and O–H groups in total. The van der Waals surface area contributed by atoms with Crippen LogP contribution < -0.4 is 0 Å². The Bertz CT molecular complexity index is 348. The number of carbonyl (C=O) groups excluding carboxylic acids is 1. The first-order chi connectivity index (χ1) is 9.45. The SMILES string of the molecule is C=CC(=O)OC(CC)COP(=O)(O)O.C[N+](C)(C)CCO. The Labute approximate surface area is 125 Å². The summed E-state index contributed by atoms with van der Waals surface area (Å²) in [6.07, 6.45) is 0.702. The Hall–Kier alpha value is -0.760. The van der Waals surface area contributed by atoms with Crippen molar-refractivity contribution in [3.63, 3.8) is 0 Å². The summed E-state index contributed by atoms with van der Waals surface area (Å²) in [6, 6.07) is 0. The summed E-state index contributed by atoms with van der Waals surface area (Å²) in [6.45, 7) is 5.67. The van der Waals surface area contributed by atoms with Crippen molar-refractivity contribution in [1.29, 1.82) is 0 Å². The Kier molecular flexibility index (Phi) is 11.7. The van der Waals surface area contributed by atoms with Gasteiger partial charge in [-0.2, -0.15) is 0 Å². The molecule has 21 heavy (non-hydrogen) atoms. The number of ether oxygens (including phenoxy) is 1. The molecule has 0 saturated carbocycles. The Morgan fingerprint density at radius 1 is 1.38 bits per heavy atom. The van der Waals surface area contributed by atoms with Crippen molar-refractivity contribution in [2.24, 2.45) is 0 Å². The number of nitrogens with zero attached hydrogens (tertiary/aromatic N) is 1. The van der Waals surface area contributed by atoms with Crippen molar-refractivity contribution in [2.45, 2.75) is 19.4 Å². The number of esters is 1. The normalized spacial score (nSPS) is 12.9. The average molecular weight is 328 g/mol. The van der Waals surface area contributed by atoms with Crippen LogP contribution in [0.4, 0.5) is 0 Å². The van der Waals surface area contributed by atoms with Gasteiger partial charge in [0.05, 0.1) is 34.4 Å². The molecule has 0 aromatic rings. The summed E-state index contributed by atoms with van der Waals surface area (Å²) in [4.78, 5) is 27.5. The molecule has 0 rings (SSSR count). The maximum Gasteiger partial charge on any atom is 0.469 e. The number of hydrogen-bond donors (Lipinski definition) is 3. The van der Waals surface area contributed by atoms with E-state index in [2.05, 4.69) is 32.2 Å². The number of aliphatic hydroxyl groups is 1. The van der Waals surface area contributed by atoms with Crippen LogP contribution in [0.15, 0.2) is 12.7 Å². The van der Waals surface area contributed by atoms with Gasteiger partial charge in [-0.25, -0.2) is 9.36 Å². The average Bonchev–Trinajstić information content (AvgIpc) is 2.32. The molecule has 9 heteroatoms. The van der Waals surface area contributed by atoms with Gasteiger partial charge in [0.25, 0.3) is 0 Å². The van der Waals surface area contributed by atoms with Crippen LogP contribution in [0.2, 0.25) is 0 Å². The van der Waals surface area contributed by atoms with E-state index in [1.54, 1.807) is 6.92 Å². The predicted octanol–water partition coefficient (Wildman–Crippen LogP) is 0.288. The summed E-state index contributed by atoms with van der Waals surface area (Å²) in [5.41, 5.74) is 0. The maximum atomic E-state index is 10.7. The third-order valence-electron chi connectivity index (χ3n) is 2.10. The zero-order valence-electron chi connectivity index (χ0n) is 13.1. The molecule has 0 amide bonds. The van der Waals surface area contributed by atoms with Gasteiger partial charge in [0.1, 0.15) is 12.6 Å². The monoisotopic (exact) mass is 328 g/mol. The molecule has 0 aromatic heterocycles. The van der Waals surface area contributed by atoms with Crippen molar-refractivity contribution in [2.75, 3.05) is 40.9 Å². The topological polar surface area (TPSA) is 113 Å². The molecule has 0 saturated heterocycles. The van der Waals surface area contributed by atoms with Crippen LogP contribution in [0, 0.1) is 0 Å². The van der Waals surface area contributed by atoms with E-state index in [1.807, 2.05) is 0 Å². The van der Waals surface area contributed by atoms with Crippen molar-refractivity contribution >= 4 is 13.8 Å². The summed E-state index contributed by atoms with van der Waals surface area (Å²) in [5, 5.41) is 8.39. The Morgan fingerprint density at radius 2 is 1.90 bits per heavy atom. The lowest BCUT2D eigenvalue weighted by Crippen LogP contribution is -2.36. The van der Waals surface area contributed by atoms with Crippen LogP contribution in [0.3, 0.4) is 0 Å². The highest BCUT2D eigenvalue weighted by Crippen LogP contribution is 2.36. The molecule has 0 fully saturated rings. The van der Waals surface area contributed by atoms with E-state index >= 15 is 0 Å². The van der Waals surface area contributed by atoms with Gasteiger partial charge in [0.15, 0.2) is 0 Å². The predicted molar refractivity (Wildman–Crippen MR) is 78.3 cm³/mol. The molecule has 126 valence electrons. The molecule has 1 unspecified atom stereocenters. The first kappa shape index (κ1) is 22.5. The van der Waals surface area contributed by atoms with Crippen LogP contribution in [0.5, 0.6) is 0 Å². The highest BCUT2D eigenvalue weighted by atomic mass is 31.2. The van der Waals surface area contributed by atoms with Crippen LogP contribution in [0.1, 0.15) is 13.3 Å². The molecule has 1 atom stereocenters. The number of likely N-dealkylation sites (N-methyl/N-ethyl adjacent to an activating group) is 1. The number of quaternary nitrogens is 1. The summed E-state index contributed by atoms with van der Waals surface area (Å²) in [5.74, 6) is -0.647. The summed E-state index contributed by atoms with van der Waals surface area (Å²) in [7, 11) is 1.65. The van der Waals surface area contributed by atoms with E-state index in [-0.39, 0.29) is 13.2 Å². The number of hydrogen-bond acceptors (Lipinski definition) is 5. The van der Waals surface area contributed by atoms with E-state index < -0.39 is 19.9 Å². The van der Waals surface area contributed by atoms with Crippen molar-refractivity contribution in [3.8, 4) is 0 Å². The van der Waals surface area contributed by atoms with Crippen molar-refractivity contribution in [3.05, 3.63) is 12.7 Å². The van der Waals surface area contributed by atoms with Crippen molar-refractivity contribution < 1.29 is 38.0 Å². The standard InChI is InChI=1S/C7H13O6P.C5H14NO/c1-3-6(13-7(8)4-2)5-12-14(9,10)11;1-6(2,3)4-5-7/h4,6H,2-3,5H2,1H3,(H2,9,10,11);7H,4-5H2,1-3H3/q;+1. The largest absolute Gasteiger partial charge is 0.469 e. The number of aliphatic hydroxyl groups excluding tert-OH is 1. The molecular weight excluding hydrogens is 301 g/mol. The lowest BCUT2D eigenvalue weighted by atomic mass is 10.3. The number of rotatable bonds is 8. The molecule has 0 bridgehead atoms. The van der Waals surface area contributed by atoms with Gasteiger partial charge in [-0.05, 0) is 6.42 Å². The number of phosphoric ester groups is 1. The van der Waals surface area contributed by atoms with Crippen LogP contribution in [0.25, 0.3) is 0 Å². The van der Waals surface area contributed by atoms with Crippen LogP contribution in [-0.2, 0) is 18.6 Å². The number of carbonyl (C=O) groups is 1. The highest BCUT2D eigenvalue weighted by molar-refractivity contribution is 7.46. The van der Waals surface area contributed by atoms with E-state index in [9.17, 15) is 9.36 Å². The van der Waals surface area contributed by atoms with Gasteiger partial charge in [-0.3, -0.25) is 4.52 Å². The lowest BCUT2D eigenvalue weighted by Gasteiger charge is -2.21. The van der Waals surface area contributed by atoms with Gasteiger partial charge < -0.3 is 24.1 Å². The quantitative estimate of drug-likeness (QED) is 0.254.